The highest BCUT2D eigenvalue weighted by atomic mass is 32.2. The maximum atomic E-state index is 15.4. The molecule has 0 saturated heterocycles. The first kappa shape index (κ1) is 28.5. The van der Waals surface area contributed by atoms with Crippen LogP contribution in [0.2, 0.25) is 0 Å². The monoisotopic (exact) mass is 576 g/mol. The molecule has 3 atom stereocenters. The number of benzene rings is 1. The summed E-state index contributed by atoms with van der Waals surface area (Å²) in [5.41, 5.74) is 7.33. The second-order valence-corrected chi connectivity index (χ2v) is 11.6. The van der Waals surface area contributed by atoms with E-state index in [-0.39, 0.29) is 29.2 Å². The SMILES string of the molecule is CCC#CCOc1cnc2c(Cc3ccc(F)c([C@@]4(CF)N=C(N)S[C@@]5(/C=C/C(=O)N(C)C)C[C@H]54)c3)nccc2n1. The number of nitrogens with zero attached hydrogens (tertiary/aromatic N) is 5. The number of ether oxygens (including phenoxy) is 1. The minimum Gasteiger partial charge on any atom is -0.463 e. The molecule has 5 rings (SSSR count). The van der Waals surface area contributed by atoms with Crippen molar-refractivity contribution >= 4 is 33.9 Å². The van der Waals surface area contributed by atoms with Gasteiger partial charge in [0.25, 0.3) is 0 Å². The number of amides is 1. The first-order valence-electron chi connectivity index (χ1n) is 13.2. The number of rotatable bonds is 8. The van der Waals surface area contributed by atoms with Gasteiger partial charge in [0.15, 0.2) is 11.8 Å². The fourth-order valence-electron chi connectivity index (χ4n) is 5.14. The van der Waals surface area contributed by atoms with Crippen molar-refractivity contribution in [3.05, 3.63) is 71.4 Å². The van der Waals surface area contributed by atoms with Crippen LogP contribution in [0.4, 0.5) is 8.78 Å². The summed E-state index contributed by atoms with van der Waals surface area (Å²) in [6.45, 7) is 1.25. The molecular weight excluding hydrogens is 546 g/mol. The van der Waals surface area contributed by atoms with Crippen molar-refractivity contribution in [3.8, 4) is 17.7 Å². The zero-order valence-corrected chi connectivity index (χ0v) is 23.8. The Hall–Kier alpha value is -4.04. The van der Waals surface area contributed by atoms with Gasteiger partial charge in [-0.05, 0) is 30.2 Å². The predicted molar refractivity (Wildman–Crippen MR) is 156 cm³/mol. The van der Waals surface area contributed by atoms with E-state index in [0.717, 1.165) is 6.42 Å². The van der Waals surface area contributed by atoms with Crippen LogP contribution in [0, 0.1) is 23.6 Å². The zero-order chi connectivity index (χ0) is 29.2. The number of aliphatic imine (C=N–C) groups is 1. The lowest BCUT2D eigenvalue weighted by molar-refractivity contribution is -0.123. The van der Waals surface area contributed by atoms with Crippen molar-refractivity contribution in [3.63, 3.8) is 0 Å². The summed E-state index contributed by atoms with van der Waals surface area (Å²) in [4.78, 5) is 31.6. The fraction of sp³-hybridized carbons (Fsp3) is 0.367. The van der Waals surface area contributed by atoms with Gasteiger partial charge in [-0.3, -0.25) is 9.78 Å². The summed E-state index contributed by atoms with van der Waals surface area (Å²) in [5.74, 6) is 5.07. The molecule has 1 aliphatic carbocycles. The van der Waals surface area contributed by atoms with E-state index >= 15 is 4.39 Å². The van der Waals surface area contributed by atoms with E-state index in [2.05, 4.69) is 31.8 Å². The Bertz CT molecular complexity index is 1620. The molecule has 2 aliphatic rings. The molecule has 1 amide bonds. The first-order chi connectivity index (χ1) is 19.7. The number of fused-ring (bicyclic) bond motifs is 2. The number of thioether (sulfide) groups is 1. The number of hydrogen-bond donors (Lipinski definition) is 1. The molecule has 1 aromatic carbocycles. The number of amidine groups is 1. The van der Waals surface area contributed by atoms with Crippen LogP contribution in [0.1, 0.15) is 36.6 Å². The lowest BCUT2D eigenvalue weighted by atomic mass is 9.83. The molecule has 0 unspecified atom stereocenters. The third-order valence-electron chi connectivity index (χ3n) is 7.26. The van der Waals surface area contributed by atoms with E-state index in [1.165, 1.54) is 35.0 Å². The van der Waals surface area contributed by atoms with Crippen LogP contribution in [-0.2, 0) is 16.8 Å². The lowest BCUT2D eigenvalue weighted by Crippen LogP contribution is -2.39. The number of pyridine rings is 1. The minimum atomic E-state index is -1.50. The molecular formula is C30H30F2N6O2S. The van der Waals surface area contributed by atoms with Crippen molar-refractivity contribution in [1.29, 1.82) is 0 Å². The van der Waals surface area contributed by atoms with Gasteiger partial charge in [0.2, 0.25) is 11.8 Å². The maximum absolute atomic E-state index is 15.4. The quantitative estimate of drug-likeness (QED) is 0.317. The summed E-state index contributed by atoms with van der Waals surface area (Å²) in [6, 6.07) is 6.34. The Balaban J connectivity index is 1.45. The molecule has 11 heteroatoms. The van der Waals surface area contributed by atoms with Crippen molar-refractivity contribution in [2.75, 3.05) is 27.4 Å². The summed E-state index contributed by atoms with van der Waals surface area (Å²) in [7, 11) is 3.30. The van der Waals surface area contributed by atoms with Gasteiger partial charge < -0.3 is 15.4 Å². The lowest BCUT2D eigenvalue weighted by Gasteiger charge is -2.34. The average Bonchev–Trinajstić information content (AvgIpc) is 3.69. The van der Waals surface area contributed by atoms with Gasteiger partial charge in [0.1, 0.15) is 23.5 Å². The summed E-state index contributed by atoms with van der Waals surface area (Å²) >= 11 is 1.29. The fourth-order valence-corrected chi connectivity index (χ4v) is 6.46. The number of carbonyl (C=O) groups is 1. The van der Waals surface area contributed by atoms with Crippen LogP contribution in [0.3, 0.4) is 0 Å². The van der Waals surface area contributed by atoms with Crippen molar-refractivity contribution in [1.82, 2.24) is 19.9 Å². The van der Waals surface area contributed by atoms with Crippen molar-refractivity contribution in [2.24, 2.45) is 16.6 Å². The van der Waals surface area contributed by atoms with E-state index in [1.807, 2.05) is 6.92 Å². The van der Waals surface area contributed by atoms with Crippen molar-refractivity contribution in [2.45, 2.75) is 36.5 Å². The number of halogens is 2. The Kier molecular flexibility index (Phi) is 7.95. The Morgan fingerprint density at radius 1 is 1.29 bits per heavy atom. The molecule has 2 aromatic heterocycles. The molecule has 8 nitrogen and oxygen atoms in total. The number of carbonyl (C=O) groups excluding carboxylic acids is 1. The van der Waals surface area contributed by atoms with Crippen LogP contribution in [0.5, 0.6) is 5.88 Å². The topological polar surface area (TPSA) is 107 Å². The number of aromatic nitrogens is 3. The second kappa shape index (κ2) is 11.4. The number of nitrogens with two attached hydrogens (primary N) is 1. The second-order valence-electron chi connectivity index (χ2n) is 10.2. The van der Waals surface area contributed by atoms with Gasteiger partial charge in [0, 0.05) is 55.4 Å². The smallest absolute Gasteiger partial charge is 0.245 e. The molecule has 1 aliphatic heterocycles. The van der Waals surface area contributed by atoms with Crippen LogP contribution in [0.25, 0.3) is 11.0 Å². The first-order valence-corrected chi connectivity index (χ1v) is 14.0. The molecule has 0 radical (unpaired) electrons. The normalized spacial score (nSPS) is 23.0. The van der Waals surface area contributed by atoms with Gasteiger partial charge in [-0.15, -0.1) is 5.92 Å². The van der Waals surface area contributed by atoms with Gasteiger partial charge in [-0.1, -0.05) is 36.7 Å². The molecule has 1 fully saturated rings. The Labute approximate surface area is 241 Å². The van der Waals surface area contributed by atoms with E-state index in [1.54, 1.807) is 44.6 Å². The van der Waals surface area contributed by atoms with E-state index in [4.69, 9.17) is 10.5 Å². The molecule has 212 valence electrons. The highest BCUT2D eigenvalue weighted by Crippen LogP contribution is 2.66. The van der Waals surface area contributed by atoms with Crippen molar-refractivity contribution < 1.29 is 18.3 Å². The molecule has 0 spiro atoms. The summed E-state index contributed by atoms with van der Waals surface area (Å²) in [6.07, 6.45) is 7.94. The highest BCUT2D eigenvalue weighted by molar-refractivity contribution is 8.15. The average molecular weight is 577 g/mol. The molecule has 3 aromatic rings. The number of hydrogen-bond acceptors (Lipinski definition) is 8. The summed E-state index contributed by atoms with van der Waals surface area (Å²) < 4.78 is 35.4. The molecule has 41 heavy (non-hydrogen) atoms. The van der Waals surface area contributed by atoms with Gasteiger partial charge in [0.05, 0.1) is 17.4 Å². The predicted octanol–water partition coefficient (Wildman–Crippen LogP) is 4.18. The standard InChI is InChI=1S/C30H30F2N6O2S/c1-4-5-6-13-40-25-17-35-27-22(36-25)10-12-34-23(27)15-19-7-8-21(32)20(14-19)30(18-31)24-16-29(24,41-28(33)37-30)11-9-26(39)38(2)3/h7-12,14,17,24H,4,13,15-16,18H2,1-3H3,(H2,33,37)/b11-9+/t24-,29+,30-/m1/s1. The van der Waals surface area contributed by atoms with E-state index < -0.39 is 22.8 Å². The molecule has 2 N–H and O–H groups in total. The molecule has 0 bridgehead atoms. The van der Waals surface area contributed by atoms with E-state index in [0.29, 0.717) is 41.0 Å². The van der Waals surface area contributed by atoms with Gasteiger partial charge in [-0.2, -0.15) is 0 Å². The minimum absolute atomic E-state index is 0.134. The molecule has 3 heterocycles. The third-order valence-corrected chi connectivity index (χ3v) is 8.53. The maximum Gasteiger partial charge on any atom is 0.245 e. The van der Waals surface area contributed by atoms with Crippen LogP contribution in [0.15, 0.2) is 53.8 Å². The van der Waals surface area contributed by atoms with Gasteiger partial charge in [-0.25, -0.2) is 23.7 Å². The largest absolute Gasteiger partial charge is 0.463 e. The van der Waals surface area contributed by atoms with E-state index in [9.17, 15) is 9.18 Å². The molecule has 1 saturated carbocycles. The van der Waals surface area contributed by atoms with Crippen LogP contribution < -0.4 is 10.5 Å². The van der Waals surface area contributed by atoms with Crippen LogP contribution >= 0.6 is 11.8 Å². The Morgan fingerprint density at radius 2 is 2.12 bits per heavy atom. The number of alkyl halides is 1. The third kappa shape index (κ3) is 5.61. The zero-order valence-electron chi connectivity index (χ0n) is 23.0. The summed E-state index contributed by atoms with van der Waals surface area (Å²) in [5, 5.41) is 0.160. The van der Waals surface area contributed by atoms with Gasteiger partial charge >= 0.3 is 0 Å². The Morgan fingerprint density at radius 3 is 2.88 bits per heavy atom. The highest BCUT2D eigenvalue weighted by Gasteiger charge is 2.67. The number of likely N-dealkylation sites (N-methyl/N-ethyl adjacent to an activating group) is 1. The van der Waals surface area contributed by atoms with Crippen LogP contribution in [-0.4, -0.2) is 63.1 Å².